The van der Waals surface area contributed by atoms with Crippen LogP contribution in [0.1, 0.15) is 134 Å². The Labute approximate surface area is 704 Å². The molecule has 5 heterocycles. The number of unbranched alkanes of at least 4 members (excludes halogenated alkanes) is 10. The van der Waals surface area contributed by atoms with Crippen LogP contribution in [0.3, 0.4) is 0 Å². The molecule has 44 heteroatoms. The molecule has 31 N–H and O–H groups in total. The van der Waals surface area contributed by atoms with Crippen LogP contribution in [0.5, 0.6) is 0 Å². The summed E-state index contributed by atoms with van der Waals surface area (Å²) in [5, 5.41) is 333. The van der Waals surface area contributed by atoms with Gasteiger partial charge in [0, 0.05) is 49.9 Å². The monoisotopic (exact) mass is 1770 g/mol. The highest BCUT2D eigenvalue weighted by Crippen LogP contribution is 2.41. The molecule has 0 bridgehead atoms. The molecule has 0 aliphatic carbocycles. The summed E-state index contributed by atoms with van der Waals surface area (Å²) in [6, 6.07) is 6.59. The first kappa shape index (κ1) is 106. The second-order valence-electron chi connectivity index (χ2n) is 31.8. The van der Waals surface area contributed by atoms with Crippen molar-refractivity contribution in [1.29, 1.82) is 0 Å². The van der Waals surface area contributed by atoms with Crippen molar-refractivity contribution in [3.63, 3.8) is 0 Å². The van der Waals surface area contributed by atoms with E-state index in [9.17, 15) is 158 Å². The zero-order valence-corrected chi connectivity index (χ0v) is 68.3. The zero-order chi connectivity index (χ0) is 90.5. The molecule has 5 aliphatic rings. The van der Waals surface area contributed by atoms with Gasteiger partial charge in [0.05, 0.1) is 59.5 Å². The van der Waals surface area contributed by atoms with Crippen LogP contribution in [0.2, 0.25) is 0 Å². The van der Waals surface area contributed by atoms with E-state index in [1.807, 2.05) is 13.8 Å². The number of hydrogen-bond donors (Lipinski definition) is 31. The number of rotatable bonds is 55. The number of aliphatic hydroxyl groups excluding tert-OH is 31. The van der Waals surface area contributed by atoms with Crippen LogP contribution in [-0.4, -0.2) is 428 Å². The first-order valence-electron chi connectivity index (χ1n) is 41.3. The van der Waals surface area contributed by atoms with Crippen molar-refractivity contribution in [2.45, 2.75) is 327 Å². The molecular weight excluding hydrogens is 1640 g/mol. The van der Waals surface area contributed by atoms with Crippen LogP contribution >= 0.6 is 0 Å². The molecule has 0 aromatic heterocycles. The molecule has 0 radical (unpaired) electrons. The highest BCUT2D eigenvalue weighted by atomic mass is 16.8. The maximum Gasteiger partial charge on any atom is 0.218 e. The van der Waals surface area contributed by atoms with Crippen LogP contribution < -0.4 is 0 Å². The average molecular weight is 1780 g/mol. The van der Waals surface area contributed by atoms with E-state index < -0.39 is 335 Å². The standard InChI is InChI=1S/C78H134O44/c1-3-5-7-9-11-13-22-77(34-110-69(107)60(101)50(91)42(21-26-81)114-70(108)58(99)48(89)40(87)19-24-79,35-111-72-63(104)55(96)66(45(31-84)117-72)120-71(109)59(100)49(90)41(88)20-25-80)27-38-15-17-39(18-16-38)28-78(23-14-12-10-8-6-4-2,36-112-73-64(105)56(97)67(46(32-85)118-73)121-75-61(102)53(94)51(92)43(29-82)115-75)37-113-74-65(106)57(98)68(47(33-86)119-74)122-76-62(103)54(95)52(93)44(30-83)116-76/h15-18,40-47,51-57,61-76,79-109H,3-14,19-37H2,1-2H3/b58-48-,59-49-,60-50+/t40-,41-,42-,43?,44?,45?,46?,47?,51-,52-,53?,54?,55?,56?,57?,61?,62?,63?,64?,65?,66-,67-,68-,69+,70-,71-,72-,73-,74-,75-,76-,77?,78?/m1/s1. The SMILES string of the molecule is CCCCCCCCC(CO[C@@H]1OC(CO)[C@@H](O[C@H]2OC(CO)[C@@H](O)C(O)C2O)C(O)C1O)(CO[C@@H]1OC(CO)[C@@H](O[C@H]2OC(CO)[C@@H](O)C(O)C2O)C(O)C1O)Cc1ccc(CC(CCCCCCCC)(CO[C@@H]2OC(CO)[C@@H](O[C@@H](O)/C(O)=C(/O)[C@H](O)CCO)C(O)C2O)CO[C@H](O)/C(O)=C(\O)[C@@H](CCO)O[C@@H](O)/C(O)=C(/O)[C@H](O)CCO)cc1. The molecule has 6 rings (SSSR count). The van der Waals surface area contributed by atoms with Gasteiger partial charge >= 0.3 is 0 Å². The second kappa shape index (κ2) is 52.4. The molecule has 44 nitrogen and oxygen atoms in total. The summed E-state index contributed by atoms with van der Waals surface area (Å²) < 4.78 is 76.6. The fraction of sp³-hybridized carbons (Fsp3) is 0.846. The fourth-order valence-corrected chi connectivity index (χ4v) is 15.0. The Bertz CT molecular complexity index is 3100. The molecule has 5 aliphatic heterocycles. The molecule has 0 saturated carbocycles. The lowest BCUT2D eigenvalue weighted by molar-refractivity contribution is -0.365. The van der Waals surface area contributed by atoms with Crippen molar-refractivity contribution in [3.8, 4) is 0 Å². The van der Waals surface area contributed by atoms with E-state index in [-0.39, 0.29) is 25.7 Å². The minimum absolute atomic E-state index is 0.0484. The summed E-state index contributed by atoms with van der Waals surface area (Å²) in [6.07, 6.45) is -54.0. The van der Waals surface area contributed by atoms with Gasteiger partial charge < -0.3 is 220 Å². The van der Waals surface area contributed by atoms with Gasteiger partial charge in [-0.15, -0.1) is 0 Å². The van der Waals surface area contributed by atoms with E-state index in [1.54, 1.807) is 24.3 Å². The minimum atomic E-state index is -2.59. The summed E-state index contributed by atoms with van der Waals surface area (Å²) in [5.41, 5.74) is -2.09. The maximum absolute atomic E-state index is 11.9. The maximum atomic E-state index is 11.9. The van der Waals surface area contributed by atoms with E-state index in [0.29, 0.717) is 43.2 Å². The van der Waals surface area contributed by atoms with Gasteiger partial charge in [-0.25, -0.2) is 0 Å². The van der Waals surface area contributed by atoms with Gasteiger partial charge in [0.2, 0.25) is 18.9 Å². The molecule has 5 saturated heterocycles. The predicted molar refractivity (Wildman–Crippen MR) is 411 cm³/mol. The van der Waals surface area contributed by atoms with E-state index in [0.717, 1.165) is 44.9 Å². The van der Waals surface area contributed by atoms with Crippen molar-refractivity contribution in [2.75, 3.05) is 79.3 Å². The van der Waals surface area contributed by atoms with Crippen LogP contribution in [0, 0.1) is 10.8 Å². The molecule has 32 atom stereocenters. The number of ether oxygens (including phenoxy) is 13. The van der Waals surface area contributed by atoms with Crippen LogP contribution in [0.25, 0.3) is 0 Å². The van der Waals surface area contributed by atoms with Crippen molar-refractivity contribution in [1.82, 2.24) is 0 Å². The molecule has 122 heavy (non-hydrogen) atoms. The van der Waals surface area contributed by atoms with Gasteiger partial charge in [0.1, 0.15) is 140 Å². The van der Waals surface area contributed by atoms with Gasteiger partial charge in [0.25, 0.3) is 0 Å². The Morgan fingerprint density at radius 2 is 0.656 bits per heavy atom. The van der Waals surface area contributed by atoms with Crippen molar-refractivity contribution in [2.24, 2.45) is 10.8 Å². The Morgan fingerprint density at radius 1 is 0.336 bits per heavy atom. The highest BCUT2D eigenvalue weighted by molar-refractivity contribution is 5.25. The zero-order valence-electron chi connectivity index (χ0n) is 68.3. The Hall–Kier alpha value is -4.28. The molecule has 5 fully saturated rings. The molecule has 1 aromatic rings. The lowest BCUT2D eigenvalue weighted by Crippen LogP contribution is -2.65. The molecule has 16 unspecified atom stereocenters. The second-order valence-corrected chi connectivity index (χ2v) is 31.8. The Morgan fingerprint density at radius 3 is 1.02 bits per heavy atom. The fourth-order valence-electron chi connectivity index (χ4n) is 15.0. The van der Waals surface area contributed by atoms with Gasteiger partial charge in [0.15, 0.2) is 66.0 Å². The first-order valence-corrected chi connectivity index (χ1v) is 41.3. The third-order valence-electron chi connectivity index (χ3n) is 22.5. The highest BCUT2D eigenvalue weighted by Gasteiger charge is 2.55. The average Bonchev–Trinajstić information content (AvgIpc) is 0.783. The van der Waals surface area contributed by atoms with E-state index in [2.05, 4.69) is 0 Å². The summed E-state index contributed by atoms with van der Waals surface area (Å²) >= 11 is 0. The Kier molecular flexibility index (Phi) is 45.7. The molecule has 0 spiro atoms. The number of benzene rings is 1. The summed E-state index contributed by atoms with van der Waals surface area (Å²) in [5.74, 6) is -7.98. The summed E-state index contributed by atoms with van der Waals surface area (Å²) in [4.78, 5) is 0. The van der Waals surface area contributed by atoms with E-state index >= 15 is 0 Å². The Balaban J connectivity index is 1.44. The van der Waals surface area contributed by atoms with Gasteiger partial charge in [-0.3, -0.25) is 0 Å². The predicted octanol–water partition coefficient (Wildman–Crippen LogP) is -6.42. The molecule has 710 valence electrons. The molecule has 0 amide bonds. The first-order chi connectivity index (χ1) is 58.0. The normalized spacial score (nSPS) is 34.3. The molecule has 1 aromatic carbocycles. The minimum Gasteiger partial charge on any atom is -0.506 e. The molecular formula is C78H134O44. The number of aliphatic hydroxyl groups is 31. The smallest absolute Gasteiger partial charge is 0.218 e. The van der Waals surface area contributed by atoms with Crippen molar-refractivity contribution < 1.29 is 220 Å². The van der Waals surface area contributed by atoms with Crippen LogP contribution in [0.15, 0.2) is 58.8 Å². The van der Waals surface area contributed by atoms with E-state index in [1.165, 1.54) is 0 Å². The van der Waals surface area contributed by atoms with Gasteiger partial charge in [-0.05, 0) is 36.8 Å². The van der Waals surface area contributed by atoms with E-state index in [4.69, 9.17) is 61.6 Å². The largest absolute Gasteiger partial charge is 0.506 e. The number of hydrogen-bond acceptors (Lipinski definition) is 44. The van der Waals surface area contributed by atoms with Crippen LogP contribution in [-0.2, 0) is 74.4 Å². The lowest BCUT2D eigenvalue weighted by Gasteiger charge is -2.47. The van der Waals surface area contributed by atoms with Crippen molar-refractivity contribution in [3.05, 3.63) is 69.9 Å². The summed E-state index contributed by atoms with van der Waals surface area (Å²) in [6.45, 7) is -5.29. The van der Waals surface area contributed by atoms with Crippen molar-refractivity contribution >= 4 is 0 Å². The van der Waals surface area contributed by atoms with Gasteiger partial charge in [-0.2, -0.15) is 0 Å². The van der Waals surface area contributed by atoms with Crippen LogP contribution in [0.4, 0.5) is 0 Å². The third kappa shape index (κ3) is 29.1. The lowest BCUT2D eigenvalue weighted by atomic mass is 9.76. The van der Waals surface area contributed by atoms with Gasteiger partial charge in [-0.1, -0.05) is 115 Å². The topological polar surface area (TPSA) is 747 Å². The quantitative estimate of drug-likeness (QED) is 0.0164. The third-order valence-corrected chi connectivity index (χ3v) is 22.5. The summed E-state index contributed by atoms with van der Waals surface area (Å²) in [7, 11) is 0.